The molecule has 274 valence electrons. The van der Waals surface area contributed by atoms with Gasteiger partial charge in [0.1, 0.15) is 5.75 Å². The number of carboxylic acids is 1. The van der Waals surface area contributed by atoms with Gasteiger partial charge in [-0.15, -0.1) is 0 Å². The van der Waals surface area contributed by atoms with Crippen molar-refractivity contribution in [1.82, 2.24) is 0 Å². The van der Waals surface area contributed by atoms with Gasteiger partial charge in [0.25, 0.3) is 0 Å². The second-order valence-corrected chi connectivity index (χ2v) is 18.6. The number of fused-ring (bicyclic) bond motifs is 5. The summed E-state index contributed by atoms with van der Waals surface area (Å²) in [6.45, 7) is 14.8. The van der Waals surface area contributed by atoms with E-state index in [9.17, 15) is 9.36 Å². The van der Waals surface area contributed by atoms with Gasteiger partial charge in [0.05, 0.1) is 18.3 Å². The van der Waals surface area contributed by atoms with Crippen LogP contribution in [-0.2, 0) is 15.3 Å². The van der Waals surface area contributed by atoms with Gasteiger partial charge < -0.3 is 9.63 Å². The number of rotatable bonds is 12. The predicted octanol–water partition coefficient (Wildman–Crippen LogP) is 13.1. The second kappa shape index (κ2) is 16.3. The first-order valence-corrected chi connectivity index (χ1v) is 21.1. The highest BCUT2D eigenvalue weighted by Crippen LogP contribution is 2.67. The van der Waals surface area contributed by atoms with Crippen LogP contribution in [0.5, 0.6) is 5.75 Å². The first-order chi connectivity index (χ1) is 23.4. The van der Waals surface area contributed by atoms with E-state index < -0.39 is 13.6 Å². The molecule has 3 saturated carbocycles. The molecule has 2 aromatic carbocycles. The molecule has 0 amide bonds. The van der Waals surface area contributed by atoms with Gasteiger partial charge in [-0.05, 0) is 134 Å². The molecule has 4 aliphatic rings. The minimum atomic E-state index is -3.35. The molecule has 6 heteroatoms. The zero-order chi connectivity index (χ0) is 35.2. The van der Waals surface area contributed by atoms with Crippen LogP contribution in [0.4, 0.5) is 0 Å². The van der Waals surface area contributed by atoms with Crippen LogP contribution in [-0.4, -0.2) is 17.7 Å². The number of aromatic carboxylic acids is 1. The molecule has 0 aliphatic heterocycles. The first-order valence-electron chi connectivity index (χ1n) is 19.4. The van der Waals surface area contributed by atoms with E-state index in [1.807, 2.05) is 35.9 Å². The number of hydrogen-bond acceptors (Lipinski definition) is 4. The van der Waals surface area contributed by atoms with Crippen LogP contribution >= 0.6 is 7.60 Å². The van der Waals surface area contributed by atoms with Crippen LogP contribution in [0.25, 0.3) is 0 Å². The van der Waals surface area contributed by atoms with E-state index in [0.717, 1.165) is 41.1 Å². The van der Waals surface area contributed by atoms with E-state index in [0.29, 0.717) is 16.6 Å². The third-order valence-corrected chi connectivity index (χ3v) is 15.0. The predicted molar refractivity (Wildman–Crippen MR) is 205 cm³/mol. The summed E-state index contributed by atoms with van der Waals surface area (Å²) < 4.78 is 23.7. The van der Waals surface area contributed by atoms with E-state index >= 15 is 0 Å². The monoisotopic (exact) mass is 694 g/mol. The van der Waals surface area contributed by atoms with Gasteiger partial charge in [-0.25, -0.2) is 9.36 Å². The Kier molecular flexibility index (Phi) is 12.6. The van der Waals surface area contributed by atoms with Crippen molar-refractivity contribution < 1.29 is 26.4 Å². The molecule has 4 unspecified atom stereocenters. The Balaban J connectivity index is 0.000000271. The Hall–Kier alpha value is -2.36. The fourth-order valence-corrected chi connectivity index (χ4v) is 12.4. The fraction of sp³-hybridized carbons (Fsp3) is 0.651. The van der Waals surface area contributed by atoms with Gasteiger partial charge in [-0.1, -0.05) is 102 Å². The molecule has 0 spiro atoms. The zero-order valence-electron chi connectivity index (χ0n) is 31.2. The average molecular weight is 695 g/mol. The van der Waals surface area contributed by atoms with Gasteiger partial charge in [0, 0.05) is 2.85 Å². The third kappa shape index (κ3) is 8.75. The molecule has 5 nitrogen and oxygen atoms in total. The van der Waals surface area contributed by atoms with Crippen molar-refractivity contribution in [3.05, 3.63) is 77.4 Å². The van der Waals surface area contributed by atoms with Crippen LogP contribution in [0, 0.1) is 46.3 Å². The van der Waals surface area contributed by atoms with Crippen LogP contribution in [0.15, 0.2) is 66.2 Å². The summed E-state index contributed by atoms with van der Waals surface area (Å²) in [7, 11) is -3.35. The molecule has 8 atom stereocenters. The Morgan fingerprint density at radius 2 is 1.69 bits per heavy atom. The number of carbonyl (C=O) groups is 1. The molecule has 4 aliphatic carbocycles. The minimum Gasteiger partial charge on any atom is -0.478 e. The number of allylic oxidation sites excluding steroid dienone is 2. The van der Waals surface area contributed by atoms with Crippen LogP contribution in [0.1, 0.15) is 137 Å². The van der Waals surface area contributed by atoms with E-state index in [4.69, 9.17) is 14.2 Å². The molecule has 0 aromatic heterocycles. The SMILES string of the molecule is CC(C)CCC[C@@H](C)[C@H]1CCC2[C@@H]3CC=C4CCCCC4(C)C3CC[C@@]21C.CCOP(=O)(Cc1ccccc1)Oc1ccc(C(=O)O)cc1.[HH].[HH]. The Morgan fingerprint density at radius 1 is 0.959 bits per heavy atom. The van der Waals surface area contributed by atoms with Gasteiger partial charge in [-0.3, -0.25) is 4.52 Å². The summed E-state index contributed by atoms with van der Waals surface area (Å²) in [5, 5.41) is 8.87. The van der Waals surface area contributed by atoms with Crippen molar-refractivity contribution in [3.63, 3.8) is 0 Å². The average Bonchev–Trinajstić information content (AvgIpc) is 3.42. The zero-order valence-corrected chi connectivity index (χ0v) is 32.1. The highest BCUT2D eigenvalue weighted by molar-refractivity contribution is 7.53. The molecule has 1 N–H and O–H groups in total. The Morgan fingerprint density at radius 3 is 2.37 bits per heavy atom. The lowest BCUT2D eigenvalue weighted by atomic mass is 9.47. The van der Waals surface area contributed by atoms with E-state index in [1.165, 1.54) is 101 Å². The summed E-state index contributed by atoms with van der Waals surface area (Å²) in [4.78, 5) is 10.8. The summed E-state index contributed by atoms with van der Waals surface area (Å²) in [5.74, 6) is 5.13. The maximum atomic E-state index is 12.8. The van der Waals surface area contributed by atoms with Crippen molar-refractivity contribution >= 4 is 13.6 Å². The molecule has 0 radical (unpaired) electrons. The van der Waals surface area contributed by atoms with Crippen LogP contribution in [0.2, 0.25) is 0 Å². The standard InChI is InChI=1S/C27H46.C16H17O5P.2H2/c1-19(2)9-8-10-20(3)23-14-15-24-22-13-12-21-11-6-7-17-26(21,4)25(22)16-18-27(23,24)5;1-2-20-22(19,12-13-6-4-3-5-7-13)21-15-10-8-14(9-11-15)16(17)18;;/h12,19-20,22-25H,6-11,13-18H2,1-5H3;3-11H,2,12H2,1H3,(H,17,18);2*1H/t20-,22+,23-,24?,25?,26?,27-;;;/m1.../s1. The molecular formula is C43H67O5P. The van der Waals surface area contributed by atoms with Crippen molar-refractivity contribution in [2.24, 2.45) is 46.3 Å². The van der Waals surface area contributed by atoms with Gasteiger partial charge in [0.2, 0.25) is 0 Å². The highest BCUT2D eigenvalue weighted by atomic mass is 31.2. The normalized spacial score (nSPS) is 30.8. The molecule has 0 bridgehead atoms. The van der Waals surface area contributed by atoms with Crippen LogP contribution < -0.4 is 4.52 Å². The summed E-state index contributed by atoms with van der Waals surface area (Å²) in [6.07, 6.45) is 20.6. The highest BCUT2D eigenvalue weighted by Gasteiger charge is 2.58. The van der Waals surface area contributed by atoms with E-state index in [2.05, 4.69) is 40.7 Å². The van der Waals surface area contributed by atoms with E-state index in [1.54, 1.807) is 6.92 Å². The molecule has 6 rings (SSSR count). The number of hydrogen-bond donors (Lipinski definition) is 1. The van der Waals surface area contributed by atoms with Crippen molar-refractivity contribution in [2.75, 3.05) is 6.61 Å². The molecular weight excluding hydrogens is 627 g/mol. The quantitative estimate of drug-likeness (QED) is 0.177. The van der Waals surface area contributed by atoms with Crippen molar-refractivity contribution in [2.45, 2.75) is 125 Å². The number of carboxylic acid groups (broad SMARTS) is 1. The first kappa shape index (κ1) is 37.9. The second-order valence-electron chi connectivity index (χ2n) is 16.6. The minimum absolute atomic E-state index is 0. The number of benzene rings is 2. The van der Waals surface area contributed by atoms with Gasteiger partial charge in [0.15, 0.2) is 0 Å². The topological polar surface area (TPSA) is 72.8 Å². The maximum absolute atomic E-state index is 12.8. The van der Waals surface area contributed by atoms with Crippen LogP contribution in [0.3, 0.4) is 0 Å². The maximum Gasteiger partial charge on any atom is 0.383 e. The smallest absolute Gasteiger partial charge is 0.383 e. The van der Waals surface area contributed by atoms with Gasteiger partial charge in [-0.2, -0.15) is 0 Å². The molecule has 2 aromatic rings. The van der Waals surface area contributed by atoms with Crippen molar-refractivity contribution in [3.8, 4) is 5.75 Å². The lowest BCUT2D eigenvalue weighted by Gasteiger charge is -2.58. The van der Waals surface area contributed by atoms with E-state index in [-0.39, 0.29) is 21.2 Å². The molecule has 49 heavy (non-hydrogen) atoms. The largest absolute Gasteiger partial charge is 0.478 e. The van der Waals surface area contributed by atoms with Gasteiger partial charge >= 0.3 is 13.6 Å². The fourth-order valence-electron chi connectivity index (χ4n) is 10.6. The summed E-state index contributed by atoms with van der Waals surface area (Å²) in [6, 6.07) is 15.0. The van der Waals surface area contributed by atoms with Crippen molar-refractivity contribution in [1.29, 1.82) is 0 Å². The molecule has 3 fully saturated rings. The summed E-state index contributed by atoms with van der Waals surface area (Å²) >= 11 is 0. The molecule has 0 heterocycles. The Bertz CT molecular complexity index is 1460. The Labute approximate surface area is 300 Å². The molecule has 0 saturated heterocycles. The lowest BCUT2D eigenvalue weighted by molar-refractivity contribution is -0.0500. The lowest BCUT2D eigenvalue weighted by Crippen LogP contribution is -2.50. The summed E-state index contributed by atoms with van der Waals surface area (Å²) in [5.41, 5.74) is 4.08. The third-order valence-electron chi connectivity index (χ3n) is 13.1.